The average Bonchev–Trinajstić information content (AvgIpc) is 2.70. The fourth-order valence-corrected chi connectivity index (χ4v) is 1.96. The number of hydrogen-bond donors (Lipinski definition) is 1. The number of rotatable bonds is 5. The molecular formula is C11H17NO2S. The van der Waals surface area contributed by atoms with Crippen LogP contribution in [0.4, 0.5) is 5.00 Å². The number of carbonyl (C=O) groups is 1. The summed E-state index contributed by atoms with van der Waals surface area (Å²) in [5.41, 5.74) is 0. The Bertz CT molecular complexity index is 296. The molecule has 0 amide bonds. The molecule has 1 rings (SSSR count). The van der Waals surface area contributed by atoms with E-state index in [4.69, 9.17) is 4.74 Å². The minimum atomic E-state index is -0.144. The molecule has 3 nitrogen and oxygen atoms in total. The predicted molar refractivity (Wildman–Crippen MR) is 63.2 cm³/mol. The molecule has 1 heterocycles. The zero-order chi connectivity index (χ0) is 11.3. The second kappa shape index (κ2) is 5.75. The lowest BCUT2D eigenvalue weighted by atomic mass is 9.96. The average molecular weight is 227 g/mol. The highest BCUT2D eigenvalue weighted by atomic mass is 32.1. The number of thiophene rings is 1. The molecule has 0 aliphatic carbocycles. The lowest BCUT2D eigenvalue weighted by molar-refractivity contribution is -0.146. The molecule has 0 spiro atoms. The molecule has 0 saturated carbocycles. The number of hydrogen-bond acceptors (Lipinski definition) is 4. The number of esters is 1. The summed E-state index contributed by atoms with van der Waals surface area (Å²) in [6.45, 7) is 4.68. The van der Waals surface area contributed by atoms with Gasteiger partial charge in [0.05, 0.1) is 18.0 Å². The van der Waals surface area contributed by atoms with Gasteiger partial charge in [0.2, 0.25) is 0 Å². The molecule has 1 aromatic heterocycles. The van der Waals surface area contributed by atoms with Gasteiger partial charge < -0.3 is 10.1 Å². The van der Waals surface area contributed by atoms with Crippen LogP contribution in [-0.4, -0.2) is 19.6 Å². The van der Waals surface area contributed by atoms with Gasteiger partial charge in [0, 0.05) is 6.54 Å². The molecule has 0 radical (unpaired) electrons. The Hall–Kier alpha value is -1.03. The summed E-state index contributed by atoms with van der Waals surface area (Å²) >= 11 is 1.63. The summed E-state index contributed by atoms with van der Waals surface area (Å²) in [5.74, 6) is 0.0519. The summed E-state index contributed by atoms with van der Waals surface area (Å²) < 4.78 is 4.77. The van der Waals surface area contributed by atoms with E-state index in [2.05, 4.69) is 5.32 Å². The van der Waals surface area contributed by atoms with Crippen LogP contribution in [0.5, 0.6) is 0 Å². The van der Waals surface area contributed by atoms with Gasteiger partial charge in [-0.1, -0.05) is 13.8 Å². The summed E-state index contributed by atoms with van der Waals surface area (Å²) in [6, 6.07) is 3.98. The molecule has 0 aliphatic rings. The molecule has 15 heavy (non-hydrogen) atoms. The van der Waals surface area contributed by atoms with Crippen molar-refractivity contribution in [2.24, 2.45) is 11.8 Å². The molecule has 0 fully saturated rings. The van der Waals surface area contributed by atoms with Crippen molar-refractivity contribution >= 4 is 22.3 Å². The lowest BCUT2D eigenvalue weighted by Gasteiger charge is -2.18. The van der Waals surface area contributed by atoms with Crippen LogP contribution in [-0.2, 0) is 9.53 Å². The van der Waals surface area contributed by atoms with Crippen molar-refractivity contribution in [1.82, 2.24) is 0 Å². The Labute approximate surface area is 94.5 Å². The van der Waals surface area contributed by atoms with Crippen LogP contribution in [0.2, 0.25) is 0 Å². The minimum Gasteiger partial charge on any atom is -0.469 e. The van der Waals surface area contributed by atoms with Gasteiger partial charge in [0.25, 0.3) is 0 Å². The van der Waals surface area contributed by atoms with Crippen molar-refractivity contribution in [3.63, 3.8) is 0 Å². The Morgan fingerprint density at radius 2 is 2.33 bits per heavy atom. The zero-order valence-electron chi connectivity index (χ0n) is 9.32. The fraction of sp³-hybridized carbons (Fsp3) is 0.545. The van der Waals surface area contributed by atoms with Crippen LogP contribution in [0.25, 0.3) is 0 Å². The normalized spacial score (nSPS) is 12.5. The van der Waals surface area contributed by atoms with Crippen LogP contribution in [0.1, 0.15) is 13.8 Å². The molecule has 0 aromatic carbocycles. The first-order valence-corrected chi connectivity index (χ1v) is 5.88. The quantitative estimate of drug-likeness (QED) is 0.786. The molecule has 0 bridgehead atoms. The van der Waals surface area contributed by atoms with Crippen molar-refractivity contribution in [3.05, 3.63) is 17.5 Å². The van der Waals surface area contributed by atoms with Crippen LogP contribution in [0.3, 0.4) is 0 Å². The highest BCUT2D eigenvalue weighted by molar-refractivity contribution is 7.14. The Morgan fingerprint density at radius 1 is 1.60 bits per heavy atom. The maximum atomic E-state index is 11.5. The van der Waals surface area contributed by atoms with Gasteiger partial charge in [-0.15, -0.1) is 11.3 Å². The summed E-state index contributed by atoms with van der Waals surface area (Å²) in [7, 11) is 1.43. The summed E-state index contributed by atoms with van der Waals surface area (Å²) in [4.78, 5) is 11.5. The van der Waals surface area contributed by atoms with E-state index in [1.807, 2.05) is 31.4 Å². The zero-order valence-corrected chi connectivity index (χ0v) is 10.1. The first-order valence-electron chi connectivity index (χ1n) is 5.00. The number of nitrogens with one attached hydrogen (secondary N) is 1. The molecular weight excluding hydrogens is 210 g/mol. The smallest absolute Gasteiger partial charge is 0.310 e. The van der Waals surface area contributed by atoms with E-state index in [1.165, 1.54) is 7.11 Å². The van der Waals surface area contributed by atoms with Crippen molar-refractivity contribution < 1.29 is 9.53 Å². The first-order chi connectivity index (χ1) is 7.15. The standard InChI is InChI=1S/C11H17NO2S/c1-8(2)9(11(13)14-3)7-12-10-5-4-6-15-10/h4-6,8-9,12H,7H2,1-3H3. The molecule has 1 unspecified atom stereocenters. The van der Waals surface area contributed by atoms with Gasteiger partial charge in [-0.05, 0) is 23.4 Å². The number of methoxy groups -OCH3 is 1. The fourth-order valence-electron chi connectivity index (χ4n) is 1.33. The molecule has 0 saturated heterocycles. The second-order valence-electron chi connectivity index (χ2n) is 3.73. The number of ether oxygens (including phenoxy) is 1. The molecule has 84 valence electrons. The van der Waals surface area contributed by atoms with E-state index < -0.39 is 0 Å². The molecule has 4 heteroatoms. The van der Waals surface area contributed by atoms with E-state index in [0.29, 0.717) is 6.54 Å². The van der Waals surface area contributed by atoms with Crippen LogP contribution < -0.4 is 5.32 Å². The van der Waals surface area contributed by atoms with Gasteiger partial charge in [-0.3, -0.25) is 4.79 Å². The third-order valence-corrected chi connectivity index (χ3v) is 3.15. The molecule has 1 atom stereocenters. The minimum absolute atomic E-state index is 0.0860. The van der Waals surface area contributed by atoms with E-state index in [9.17, 15) is 4.79 Å². The van der Waals surface area contributed by atoms with Gasteiger partial charge >= 0.3 is 5.97 Å². The van der Waals surface area contributed by atoms with Crippen molar-refractivity contribution in [2.75, 3.05) is 19.0 Å². The summed E-state index contributed by atoms with van der Waals surface area (Å²) in [5, 5.41) is 6.33. The maximum absolute atomic E-state index is 11.5. The van der Waals surface area contributed by atoms with Crippen LogP contribution in [0.15, 0.2) is 17.5 Å². The Kier molecular flexibility index (Phi) is 4.62. The third-order valence-electron chi connectivity index (χ3n) is 2.33. The van der Waals surface area contributed by atoms with Gasteiger partial charge in [-0.25, -0.2) is 0 Å². The van der Waals surface area contributed by atoms with Gasteiger partial charge in [0.15, 0.2) is 0 Å². The van der Waals surface area contributed by atoms with E-state index in [0.717, 1.165) is 5.00 Å². The summed E-state index contributed by atoms with van der Waals surface area (Å²) in [6.07, 6.45) is 0. The monoisotopic (exact) mass is 227 g/mol. The number of carbonyl (C=O) groups excluding carboxylic acids is 1. The molecule has 1 N–H and O–H groups in total. The maximum Gasteiger partial charge on any atom is 0.310 e. The first kappa shape index (κ1) is 12.0. The molecule has 0 aliphatic heterocycles. The van der Waals surface area contributed by atoms with E-state index in [1.54, 1.807) is 11.3 Å². The Balaban J connectivity index is 2.49. The highest BCUT2D eigenvalue weighted by Gasteiger charge is 2.22. The van der Waals surface area contributed by atoms with Crippen LogP contribution >= 0.6 is 11.3 Å². The van der Waals surface area contributed by atoms with E-state index >= 15 is 0 Å². The Morgan fingerprint density at radius 3 is 2.80 bits per heavy atom. The van der Waals surface area contributed by atoms with Gasteiger partial charge in [-0.2, -0.15) is 0 Å². The van der Waals surface area contributed by atoms with Gasteiger partial charge in [0.1, 0.15) is 0 Å². The van der Waals surface area contributed by atoms with Crippen LogP contribution in [0, 0.1) is 11.8 Å². The highest BCUT2D eigenvalue weighted by Crippen LogP contribution is 2.18. The van der Waals surface area contributed by atoms with Crippen molar-refractivity contribution in [3.8, 4) is 0 Å². The topological polar surface area (TPSA) is 38.3 Å². The largest absolute Gasteiger partial charge is 0.469 e. The SMILES string of the molecule is COC(=O)C(CNc1cccs1)C(C)C. The molecule has 1 aromatic rings. The van der Waals surface area contributed by atoms with Crippen molar-refractivity contribution in [2.45, 2.75) is 13.8 Å². The number of anilines is 1. The lowest BCUT2D eigenvalue weighted by Crippen LogP contribution is -2.28. The second-order valence-corrected chi connectivity index (χ2v) is 4.68. The predicted octanol–water partition coefficient (Wildman–Crippen LogP) is 2.61. The third kappa shape index (κ3) is 3.55. The van der Waals surface area contributed by atoms with Crippen molar-refractivity contribution in [1.29, 1.82) is 0 Å². The van der Waals surface area contributed by atoms with E-state index in [-0.39, 0.29) is 17.8 Å².